The second kappa shape index (κ2) is 5.73. The zero-order valence-electron chi connectivity index (χ0n) is 9.48. The molecule has 1 rings (SSSR count). The number of nitrogens with two attached hydrogens (primary N) is 1. The third-order valence-corrected chi connectivity index (χ3v) is 2.39. The molecule has 3 N–H and O–H groups in total. The Bertz CT molecular complexity index is 301. The van der Waals surface area contributed by atoms with Gasteiger partial charge in [0, 0.05) is 12.2 Å². The lowest BCUT2D eigenvalue weighted by molar-refractivity contribution is 0.127. The van der Waals surface area contributed by atoms with E-state index in [-0.39, 0.29) is 0 Å². The van der Waals surface area contributed by atoms with Crippen molar-refractivity contribution in [3.05, 3.63) is 29.8 Å². The van der Waals surface area contributed by atoms with Crippen LogP contribution in [0.1, 0.15) is 25.0 Å². The van der Waals surface area contributed by atoms with E-state index in [1.54, 1.807) is 0 Å². The Labute approximate surface area is 91.5 Å². The fourth-order valence-corrected chi connectivity index (χ4v) is 1.64. The first-order valence-electron chi connectivity index (χ1n) is 5.35. The summed E-state index contributed by atoms with van der Waals surface area (Å²) in [6.45, 7) is 3.78. The van der Waals surface area contributed by atoms with Crippen LogP contribution in [0.15, 0.2) is 24.3 Å². The lowest BCUT2D eigenvalue weighted by Gasteiger charge is -2.20. The van der Waals surface area contributed by atoms with E-state index in [9.17, 15) is 5.11 Å². The predicted molar refractivity (Wildman–Crippen MR) is 63.6 cm³/mol. The number of rotatable bonds is 5. The third kappa shape index (κ3) is 3.90. The van der Waals surface area contributed by atoms with E-state index in [0.717, 1.165) is 18.5 Å². The molecule has 0 saturated heterocycles. The summed E-state index contributed by atoms with van der Waals surface area (Å²) in [6.07, 6.45) is 0.644. The van der Waals surface area contributed by atoms with Crippen molar-refractivity contribution < 1.29 is 5.11 Å². The standard InChI is InChI=1S/C12H20N2O/c1-3-7-14(2)9-12(15)10-5-4-6-11(13)8-10/h4-6,8,12,15H,3,7,9,13H2,1-2H3/t12-/m1/s1. The number of hydrogen-bond acceptors (Lipinski definition) is 3. The van der Waals surface area contributed by atoms with Crippen LogP contribution in [0.3, 0.4) is 0 Å². The van der Waals surface area contributed by atoms with E-state index in [2.05, 4.69) is 11.8 Å². The number of aliphatic hydroxyl groups excluding tert-OH is 1. The summed E-state index contributed by atoms with van der Waals surface area (Å²) in [5, 5.41) is 9.94. The van der Waals surface area contributed by atoms with Crippen LogP contribution < -0.4 is 5.73 Å². The number of nitrogens with zero attached hydrogens (tertiary/aromatic N) is 1. The molecule has 84 valence electrons. The molecule has 0 aliphatic carbocycles. The fourth-order valence-electron chi connectivity index (χ4n) is 1.64. The molecule has 0 fully saturated rings. The van der Waals surface area contributed by atoms with E-state index in [4.69, 9.17) is 5.73 Å². The van der Waals surface area contributed by atoms with Gasteiger partial charge in [-0.15, -0.1) is 0 Å². The Hall–Kier alpha value is -1.06. The summed E-state index contributed by atoms with van der Waals surface area (Å²) >= 11 is 0. The van der Waals surface area contributed by atoms with Crippen LogP contribution in [0.2, 0.25) is 0 Å². The highest BCUT2D eigenvalue weighted by Gasteiger charge is 2.09. The van der Waals surface area contributed by atoms with Crippen molar-refractivity contribution in [3.8, 4) is 0 Å². The molecule has 0 radical (unpaired) electrons. The number of aliphatic hydroxyl groups is 1. The van der Waals surface area contributed by atoms with Crippen molar-refractivity contribution in [1.29, 1.82) is 0 Å². The Morgan fingerprint density at radius 2 is 2.20 bits per heavy atom. The minimum atomic E-state index is -0.454. The molecule has 0 amide bonds. The average Bonchev–Trinajstić information content (AvgIpc) is 2.18. The van der Waals surface area contributed by atoms with Crippen molar-refractivity contribution >= 4 is 5.69 Å². The maximum absolute atomic E-state index is 9.94. The summed E-state index contributed by atoms with van der Waals surface area (Å²) in [7, 11) is 2.01. The lowest BCUT2D eigenvalue weighted by Crippen LogP contribution is -2.25. The maximum Gasteiger partial charge on any atom is 0.0917 e. The van der Waals surface area contributed by atoms with Crippen molar-refractivity contribution in [3.63, 3.8) is 0 Å². The molecule has 3 heteroatoms. The highest BCUT2D eigenvalue weighted by atomic mass is 16.3. The van der Waals surface area contributed by atoms with E-state index in [0.29, 0.717) is 12.2 Å². The Morgan fingerprint density at radius 1 is 1.47 bits per heavy atom. The first kappa shape index (κ1) is 12.0. The molecule has 0 bridgehead atoms. The van der Waals surface area contributed by atoms with Gasteiger partial charge in [0.2, 0.25) is 0 Å². The number of benzene rings is 1. The summed E-state index contributed by atoms with van der Waals surface area (Å²) < 4.78 is 0. The van der Waals surface area contributed by atoms with Crippen molar-refractivity contribution in [2.45, 2.75) is 19.4 Å². The molecule has 0 aliphatic heterocycles. The van der Waals surface area contributed by atoms with E-state index in [1.165, 1.54) is 0 Å². The molecule has 15 heavy (non-hydrogen) atoms. The van der Waals surface area contributed by atoms with Crippen molar-refractivity contribution in [1.82, 2.24) is 4.90 Å². The molecular weight excluding hydrogens is 188 g/mol. The summed E-state index contributed by atoms with van der Waals surface area (Å²) in [5.74, 6) is 0. The summed E-state index contributed by atoms with van der Waals surface area (Å²) in [4.78, 5) is 2.12. The molecule has 1 atom stereocenters. The van der Waals surface area contributed by atoms with E-state index < -0.39 is 6.10 Å². The van der Waals surface area contributed by atoms with Gasteiger partial charge in [0.25, 0.3) is 0 Å². The molecule has 0 aromatic heterocycles. The Kier molecular flexibility index (Phi) is 4.59. The molecule has 1 aromatic carbocycles. The quantitative estimate of drug-likeness (QED) is 0.723. The fraction of sp³-hybridized carbons (Fsp3) is 0.500. The van der Waals surface area contributed by atoms with Crippen molar-refractivity contribution in [2.24, 2.45) is 0 Å². The highest BCUT2D eigenvalue weighted by Crippen LogP contribution is 2.16. The Balaban J connectivity index is 2.56. The van der Waals surface area contributed by atoms with E-state index in [1.807, 2.05) is 31.3 Å². The van der Waals surface area contributed by atoms with Gasteiger partial charge in [-0.2, -0.15) is 0 Å². The van der Waals surface area contributed by atoms with Gasteiger partial charge in [0.1, 0.15) is 0 Å². The van der Waals surface area contributed by atoms with Gasteiger partial charge in [-0.25, -0.2) is 0 Å². The average molecular weight is 208 g/mol. The number of hydrogen-bond donors (Lipinski definition) is 2. The monoisotopic (exact) mass is 208 g/mol. The molecule has 3 nitrogen and oxygen atoms in total. The normalized spacial score (nSPS) is 13.1. The van der Waals surface area contributed by atoms with E-state index >= 15 is 0 Å². The number of likely N-dealkylation sites (N-methyl/N-ethyl adjacent to an activating group) is 1. The second-order valence-corrected chi connectivity index (χ2v) is 3.95. The van der Waals surface area contributed by atoms with Gasteiger partial charge >= 0.3 is 0 Å². The molecule has 0 saturated carbocycles. The van der Waals surface area contributed by atoms with Crippen LogP contribution in [0.5, 0.6) is 0 Å². The minimum Gasteiger partial charge on any atom is -0.399 e. The minimum absolute atomic E-state index is 0.454. The van der Waals surface area contributed by atoms with Crippen LogP contribution >= 0.6 is 0 Å². The van der Waals surface area contributed by atoms with Gasteiger partial charge in [-0.3, -0.25) is 0 Å². The van der Waals surface area contributed by atoms with Crippen LogP contribution in [-0.2, 0) is 0 Å². The number of anilines is 1. The van der Waals surface area contributed by atoms with Crippen LogP contribution in [0, 0.1) is 0 Å². The Morgan fingerprint density at radius 3 is 2.80 bits per heavy atom. The molecule has 0 aliphatic rings. The largest absolute Gasteiger partial charge is 0.399 e. The number of nitrogen functional groups attached to an aromatic ring is 1. The first-order valence-corrected chi connectivity index (χ1v) is 5.35. The molecule has 0 heterocycles. The topological polar surface area (TPSA) is 49.5 Å². The third-order valence-electron chi connectivity index (χ3n) is 2.39. The van der Waals surface area contributed by atoms with Crippen LogP contribution in [0.25, 0.3) is 0 Å². The zero-order valence-corrected chi connectivity index (χ0v) is 9.48. The molecule has 0 unspecified atom stereocenters. The highest BCUT2D eigenvalue weighted by molar-refractivity contribution is 5.41. The SMILES string of the molecule is CCCN(C)C[C@@H](O)c1cccc(N)c1. The van der Waals surface area contributed by atoms with Crippen LogP contribution in [0.4, 0.5) is 5.69 Å². The lowest BCUT2D eigenvalue weighted by atomic mass is 10.1. The van der Waals surface area contributed by atoms with Gasteiger partial charge in [0.15, 0.2) is 0 Å². The van der Waals surface area contributed by atoms with Gasteiger partial charge in [0.05, 0.1) is 6.10 Å². The smallest absolute Gasteiger partial charge is 0.0917 e. The zero-order chi connectivity index (χ0) is 11.3. The van der Waals surface area contributed by atoms with Gasteiger partial charge < -0.3 is 15.7 Å². The summed E-state index contributed by atoms with van der Waals surface area (Å²) in [5.41, 5.74) is 7.25. The van der Waals surface area contributed by atoms with Gasteiger partial charge in [-0.05, 0) is 37.7 Å². The predicted octanol–water partition coefficient (Wildman–Crippen LogP) is 1.64. The molecular formula is C12H20N2O. The van der Waals surface area contributed by atoms with Crippen molar-refractivity contribution in [2.75, 3.05) is 25.9 Å². The maximum atomic E-state index is 9.94. The first-order chi connectivity index (χ1) is 7.13. The molecule has 0 spiro atoms. The van der Waals surface area contributed by atoms with Gasteiger partial charge in [-0.1, -0.05) is 19.1 Å². The molecule has 1 aromatic rings. The van der Waals surface area contributed by atoms with Crippen LogP contribution in [-0.4, -0.2) is 30.1 Å². The second-order valence-electron chi connectivity index (χ2n) is 3.95. The summed E-state index contributed by atoms with van der Waals surface area (Å²) in [6, 6.07) is 7.42.